The molecule has 10 nitrogen and oxygen atoms in total. The molecule has 0 heterocycles. The molecule has 0 aromatic carbocycles. The van der Waals surface area contributed by atoms with Crippen molar-refractivity contribution in [3.8, 4) is 0 Å². The number of rotatable bonds is 42. The first kappa shape index (κ1) is 53.5. The van der Waals surface area contributed by atoms with Crippen LogP contribution in [0, 0.1) is 0 Å². The molecule has 324 valence electrons. The second-order valence-electron chi connectivity index (χ2n) is 15.0. The minimum Gasteiger partial charge on any atom is -0.457 e. The summed E-state index contributed by atoms with van der Waals surface area (Å²) in [6.45, 7) is 2.18. The normalized spacial score (nSPS) is 14.1. The van der Waals surface area contributed by atoms with Gasteiger partial charge in [-0.3, -0.25) is 18.6 Å². The molecular formula is C44H83O10P. The van der Waals surface area contributed by atoms with Gasteiger partial charge in [0.25, 0.3) is 0 Å². The lowest BCUT2D eigenvalue weighted by Gasteiger charge is -2.20. The van der Waals surface area contributed by atoms with Crippen molar-refractivity contribution in [2.24, 2.45) is 0 Å². The van der Waals surface area contributed by atoms with Gasteiger partial charge in [-0.05, 0) is 44.9 Å². The maximum atomic E-state index is 12.3. The molecule has 55 heavy (non-hydrogen) atoms. The highest BCUT2D eigenvalue weighted by atomic mass is 31.2. The summed E-state index contributed by atoms with van der Waals surface area (Å²) < 4.78 is 32.5. The van der Waals surface area contributed by atoms with Gasteiger partial charge in [0.15, 0.2) is 0 Å². The van der Waals surface area contributed by atoms with E-state index >= 15 is 0 Å². The lowest BCUT2D eigenvalue weighted by atomic mass is 10.0. The Hall–Kier alpha value is -1.55. The molecule has 0 aromatic rings. The van der Waals surface area contributed by atoms with E-state index in [2.05, 4.69) is 38.2 Å². The second-order valence-corrected chi connectivity index (χ2v) is 16.5. The van der Waals surface area contributed by atoms with Crippen molar-refractivity contribution in [2.75, 3.05) is 26.4 Å². The van der Waals surface area contributed by atoms with Crippen molar-refractivity contribution in [3.63, 3.8) is 0 Å². The van der Waals surface area contributed by atoms with Crippen LogP contribution in [0.2, 0.25) is 0 Å². The zero-order valence-electron chi connectivity index (χ0n) is 35.2. The molecule has 0 fully saturated rings. The number of carbonyl (C=O) groups is 2. The molecule has 0 spiro atoms. The first-order valence-corrected chi connectivity index (χ1v) is 23.8. The van der Waals surface area contributed by atoms with E-state index in [0.29, 0.717) is 12.8 Å². The Bertz CT molecular complexity index is 972. The molecule has 0 saturated heterocycles. The molecule has 3 unspecified atom stereocenters. The van der Waals surface area contributed by atoms with E-state index in [0.717, 1.165) is 44.9 Å². The number of carbonyl (C=O) groups excluding carboxylic acids is 2. The number of hydrogen-bond acceptors (Lipinski definition) is 9. The second kappa shape index (κ2) is 40.6. The Labute approximate surface area is 336 Å². The molecule has 0 radical (unpaired) electrons. The van der Waals surface area contributed by atoms with Crippen LogP contribution in [-0.4, -0.2) is 65.7 Å². The number of unbranched alkanes of at least 4 members (excludes halogenated alkanes) is 24. The van der Waals surface area contributed by atoms with Crippen LogP contribution in [0.5, 0.6) is 0 Å². The first-order valence-electron chi connectivity index (χ1n) is 22.3. The van der Waals surface area contributed by atoms with Gasteiger partial charge in [0, 0.05) is 12.8 Å². The lowest BCUT2D eigenvalue weighted by Crippen LogP contribution is -2.28. The Balaban J connectivity index is 3.83. The topological polar surface area (TPSA) is 149 Å². The van der Waals surface area contributed by atoms with Gasteiger partial charge in [-0.25, -0.2) is 4.57 Å². The Kier molecular flexibility index (Phi) is 39.5. The van der Waals surface area contributed by atoms with E-state index in [1.54, 1.807) is 0 Å². The van der Waals surface area contributed by atoms with Gasteiger partial charge in [-0.2, -0.15) is 0 Å². The summed E-state index contributed by atoms with van der Waals surface area (Å²) in [6.07, 6.45) is 40.2. The molecule has 0 aliphatic carbocycles. The third kappa shape index (κ3) is 39.1. The van der Waals surface area contributed by atoms with E-state index in [1.165, 1.54) is 122 Å². The van der Waals surface area contributed by atoms with Crippen molar-refractivity contribution < 1.29 is 47.8 Å². The Morgan fingerprint density at radius 3 is 1.13 bits per heavy atom. The summed E-state index contributed by atoms with van der Waals surface area (Å²) in [6, 6.07) is 0. The maximum Gasteiger partial charge on any atom is 0.472 e. The fraction of sp³-hybridized carbons (Fsp3) is 0.864. The maximum absolute atomic E-state index is 12.3. The number of esters is 2. The van der Waals surface area contributed by atoms with Crippen LogP contribution in [-0.2, 0) is 32.7 Å². The van der Waals surface area contributed by atoms with Crippen LogP contribution in [0.4, 0.5) is 0 Å². The molecule has 0 aliphatic rings. The number of phosphoric ester groups is 1. The summed E-state index contributed by atoms with van der Waals surface area (Å²) in [5.41, 5.74) is 0. The number of aliphatic hydroxyl groups excluding tert-OH is 2. The smallest absolute Gasteiger partial charge is 0.457 e. The van der Waals surface area contributed by atoms with E-state index < -0.39 is 58.4 Å². The van der Waals surface area contributed by atoms with Crippen LogP contribution in [0.25, 0.3) is 0 Å². The fourth-order valence-electron chi connectivity index (χ4n) is 6.20. The third-order valence-corrected chi connectivity index (χ3v) is 10.6. The predicted octanol–water partition coefficient (Wildman–Crippen LogP) is 11.8. The van der Waals surface area contributed by atoms with Gasteiger partial charge < -0.3 is 24.6 Å². The van der Waals surface area contributed by atoms with E-state index in [9.17, 15) is 29.3 Å². The Morgan fingerprint density at radius 2 is 0.800 bits per heavy atom. The number of ether oxygens (including phenoxy) is 2. The average Bonchev–Trinajstić information content (AvgIpc) is 3.17. The third-order valence-electron chi connectivity index (χ3n) is 9.67. The van der Waals surface area contributed by atoms with Crippen molar-refractivity contribution >= 4 is 19.8 Å². The SMILES string of the molecule is CCCCCCC/C=C\C/C=C\CCCCCCCCCCCCCC(=O)OC(CO)COP(=O)(O)OCC(CO)OC(=O)CCCCCCCCCCC. The summed E-state index contributed by atoms with van der Waals surface area (Å²) in [7, 11) is -4.63. The highest BCUT2D eigenvalue weighted by Gasteiger charge is 2.27. The first-order chi connectivity index (χ1) is 26.8. The van der Waals surface area contributed by atoms with E-state index in [4.69, 9.17) is 18.5 Å². The Morgan fingerprint density at radius 1 is 0.491 bits per heavy atom. The van der Waals surface area contributed by atoms with Gasteiger partial charge in [-0.15, -0.1) is 0 Å². The van der Waals surface area contributed by atoms with E-state index in [1.807, 2.05) is 0 Å². The van der Waals surface area contributed by atoms with Crippen LogP contribution in [0.3, 0.4) is 0 Å². The average molecular weight is 803 g/mol. The number of phosphoric acid groups is 1. The lowest BCUT2D eigenvalue weighted by molar-refractivity contribution is -0.153. The van der Waals surface area contributed by atoms with Gasteiger partial charge in [0.1, 0.15) is 12.2 Å². The highest BCUT2D eigenvalue weighted by molar-refractivity contribution is 7.47. The molecule has 3 atom stereocenters. The number of allylic oxidation sites excluding steroid dienone is 4. The highest BCUT2D eigenvalue weighted by Crippen LogP contribution is 2.43. The summed E-state index contributed by atoms with van der Waals surface area (Å²) in [5.74, 6) is -1.02. The van der Waals surface area contributed by atoms with Gasteiger partial charge in [-0.1, -0.05) is 173 Å². The minimum atomic E-state index is -4.63. The van der Waals surface area contributed by atoms with Crippen LogP contribution in [0.15, 0.2) is 24.3 Å². The minimum absolute atomic E-state index is 0.192. The molecule has 0 aromatic heterocycles. The zero-order valence-corrected chi connectivity index (χ0v) is 36.0. The summed E-state index contributed by atoms with van der Waals surface area (Å²) >= 11 is 0. The number of aliphatic hydroxyl groups is 2. The van der Waals surface area contributed by atoms with Gasteiger partial charge >= 0.3 is 19.8 Å². The van der Waals surface area contributed by atoms with Crippen LogP contribution in [0.1, 0.15) is 206 Å². The zero-order chi connectivity index (χ0) is 40.5. The predicted molar refractivity (Wildman–Crippen MR) is 224 cm³/mol. The molecule has 0 saturated carbocycles. The molecule has 3 N–H and O–H groups in total. The molecule has 0 aliphatic heterocycles. The largest absolute Gasteiger partial charge is 0.472 e. The summed E-state index contributed by atoms with van der Waals surface area (Å²) in [5, 5.41) is 19.1. The van der Waals surface area contributed by atoms with Crippen LogP contribution < -0.4 is 0 Å². The van der Waals surface area contributed by atoms with E-state index in [-0.39, 0.29) is 12.8 Å². The monoisotopic (exact) mass is 803 g/mol. The van der Waals surface area contributed by atoms with Crippen molar-refractivity contribution in [1.82, 2.24) is 0 Å². The molecular weight excluding hydrogens is 719 g/mol. The fourth-order valence-corrected chi connectivity index (χ4v) is 6.99. The quantitative estimate of drug-likeness (QED) is 0.0236. The van der Waals surface area contributed by atoms with Gasteiger partial charge in [0.2, 0.25) is 0 Å². The van der Waals surface area contributed by atoms with Crippen molar-refractivity contribution in [2.45, 2.75) is 219 Å². The van der Waals surface area contributed by atoms with Crippen molar-refractivity contribution in [3.05, 3.63) is 24.3 Å². The molecule has 0 bridgehead atoms. The molecule has 0 rings (SSSR count). The standard InChI is InChI=1S/C44H83O10P/c1-3-5-7-9-11-13-14-15-16-17-18-19-20-21-22-23-24-25-26-28-30-32-34-36-44(48)54-42(38-46)40-52-55(49,50)51-39-41(37-45)53-43(47)35-33-31-29-27-12-10-8-6-4-2/h14-15,17-18,41-42,45-46H,3-13,16,19-40H2,1-2H3,(H,49,50)/b15-14-,18-17-. The molecule has 11 heteroatoms. The molecule has 0 amide bonds. The van der Waals surface area contributed by atoms with Crippen molar-refractivity contribution in [1.29, 1.82) is 0 Å². The van der Waals surface area contributed by atoms with Gasteiger partial charge in [0.05, 0.1) is 26.4 Å². The number of hydrogen-bond donors (Lipinski definition) is 3. The van der Waals surface area contributed by atoms with Crippen LogP contribution >= 0.6 is 7.82 Å². The summed E-state index contributed by atoms with van der Waals surface area (Å²) in [4.78, 5) is 34.4.